The molecule has 0 atom stereocenters. The molecule has 1 heterocycles. The van der Waals surface area contributed by atoms with E-state index in [1.54, 1.807) is 17.0 Å². The summed E-state index contributed by atoms with van der Waals surface area (Å²) in [7, 11) is 0. The van der Waals surface area contributed by atoms with Crippen molar-refractivity contribution in [2.24, 2.45) is 0 Å². The molecule has 2 aromatic carbocycles. The standard InChI is InChI=1S/C19H19BrFN3O2/c20-15-6-2-4-8-17(15)22-18(25)13-23-9-11-24(12-10-23)19(26)14-5-1-3-7-16(14)21/h1-8H,9-13H2,(H,22,25). The van der Waals surface area contributed by atoms with Crippen LogP contribution in [0.1, 0.15) is 10.4 Å². The number of anilines is 1. The van der Waals surface area contributed by atoms with Gasteiger partial charge in [-0.1, -0.05) is 24.3 Å². The van der Waals surface area contributed by atoms with E-state index in [0.29, 0.717) is 26.2 Å². The SMILES string of the molecule is O=C(CN1CCN(C(=O)c2ccccc2F)CC1)Nc1ccccc1Br. The van der Waals surface area contributed by atoms with Gasteiger partial charge in [-0.15, -0.1) is 0 Å². The van der Waals surface area contributed by atoms with Gasteiger partial charge in [0.15, 0.2) is 0 Å². The van der Waals surface area contributed by atoms with Gasteiger partial charge in [0, 0.05) is 30.7 Å². The normalized spacial score (nSPS) is 14.9. The van der Waals surface area contributed by atoms with E-state index in [2.05, 4.69) is 21.2 Å². The highest BCUT2D eigenvalue weighted by Gasteiger charge is 2.24. The van der Waals surface area contributed by atoms with Gasteiger partial charge in [-0.2, -0.15) is 0 Å². The van der Waals surface area contributed by atoms with Crippen molar-refractivity contribution in [3.63, 3.8) is 0 Å². The van der Waals surface area contributed by atoms with Crippen LogP contribution in [-0.2, 0) is 4.79 Å². The molecule has 7 heteroatoms. The zero-order valence-corrected chi connectivity index (χ0v) is 15.7. The van der Waals surface area contributed by atoms with Crippen LogP contribution in [0.4, 0.5) is 10.1 Å². The van der Waals surface area contributed by atoms with Crippen LogP contribution in [0, 0.1) is 5.82 Å². The van der Waals surface area contributed by atoms with Crippen molar-refractivity contribution in [2.45, 2.75) is 0 Å². The van der Waals surface area contributed by atoms with Gasteiger partial charge in [0.25, 0.3) is 5.91 Å². The van der Waals surface area contributed by atoms with Crippen molar-refractivity contribution in [2.75, 3.05) is 38.0 Å². The van der Waals surface area contributed by atoms with Crippen molar-refractivity contribution < 1.29 is 14.0 Å². The first-order chi connectivity index (χ1) is 12.5. The van der Waals surface area contributed by atoms with Gasteiger partial charge in [0.05, 0.1) is 17.8 Å². The average molecular weight is 420 g/mol. The van der Waals surface area contributed by atoms with Gasteiger partial charge in [-0.05, 0) is 40.2 Å². The molecule has 136 valence electrons. The minimum atomic E-state index is -0.507. The number of rotatable bonds is 4. The van der Waals surface area contributed by atoms with Crippen LogP contribution in [-0.4, -0.2) is 54.3 Å². The third kappa shape index (κ3) is 4.47. The first kappa shape index (κ1) is 18.5. The Hall–Kier alpha value is -2.25. The van der Waals surface area contributed by atoms with Crippen molar-refractivity contribution in [3.8, 4) is 0 Å². The molecule has 1 aliphatic heterocycles. The van der Waals surface area contributed by atoms with E-state index in [9.17, 15) is 14.0 Å². The fraction of sp³-hybridized carbons (Fsp3) is 0.263. The van der Waals surface area contributed by atoms with E-state index in [-0.39, 0.29) is 23.9 Å². The molecule has 3 rings (SSSR count). The molecule has 2 amide bonds. The first-order valence-electron chi connectivity index (χ1n) is 8.35. The second kappa shape index (κ2) is 8.42. The predicted molar refractivity (Wildman–Crippen MR) is 102 cm³/mol. The molecule has 0 saturated carbocycles. The Morgan fingerprint density at radius 1 is 1.00 bits per heavy atom. The zero-order chi connectivity index (χ0) is 18.5. The molecule has 0 bridgehead atoms. The first-order valence-corrected chi connectivity index (χ1v) is 9.14. The number of carbonyl (C=O) groups is 2. The van der Waals surface area contributed by atoms with Gasteiger partial charge in [-0.25, -0.2) is 4.39 Å². The van der Waals surface area contributed by atoms with Crippen LogP contribution < -0.4 is 5.32 Å². The molecule has 2 aromatic rings. The Morgan fingerprint density at radius 3 is 2.35 bits per heavy atom. The number of amides is 2. The molecule has 0 aromatic heterocycles. The van der Waals surface area contributed by atoms with Crippen molar-refractivity contribution in [1.29, 1.82) is 0 Å². The lowest BCUT2D eigenvalue weighted by molar-refractivity contribution is -0.117. The van der Waals surface area contributed by atoms with E-state index in [1.807, 2.05) is 29.2 Å². The van der Waals surface area contributed by atoms with Gasteiger partial charge < -0.3 is 10.2 Å². The molecular weight excluding hydrogens is 401 g/mol. The summed E-state index contributed by atoms with van der Waals surface area (Å²) in [5, 5.41) is 2.87. The third-order valence-electron chi connectivity index (χ3n) is 4.28. The van der Waals surface area contributed by atoms with Gasteiger partial charge >= 0.3 is 0 Å². The number of carbonyl (C=O) groups excluding carboxylic acids is 2. The summed E-state index contributed by atoms with van der Waals surface area (Å²) in [4.78, 5) is 28.2. The number of nitrogens with one attached hydrogen (secondary N) is 1. The smallest absolute Gasteiger partial charge is 0.256 e. The molecule has 0 radical (unpaired) electrons. The minimum absolute atomic E-state index is 0.0904. The molecule has 0 spiro atoms. The van der Waals surface area contributed by atoms with Gasteiger partial charge in [0.1, 0.15) is 5.82 Å². The van der Waals surface area contributed by atoms with Gasteiger partial charge in [0.2, 0.25) is 5.91 Å². The molecular formula is C19H19BrFN3O2. The number of hydrogen-bond donors (Lipinski definition) is 1. The van der Waals surface area contributed by atoms with Crippen LogP contribution >= 0.6 is 15.9 Å². The van der Waals surface area contributed by atoms with Crippen LogP contribution in [0.3, 0.4) is 0 Å². The largest absolute Gasteiger partial charge is 0.336 e. The lowest BCUT2D eigenvalue weighted by Crippen LogP contribution is -2.50. The van der Waals surface area contributed by atoms with E-state index >= 15 is 0 Å². The molecule has 1 aliphatic rings. The summed E-state index contributed by atoms with van der Waals surface area (Å²) in [6.45, 7) is 2.33. The highest BCUT2D eigenvalue weighted by atomic mass is 79.9. The third-order valence-corrected chi connectivity index (χ3v) is 4.97. The minimum Gasteiger partial charge on any atom is -0.336 e. The summed E-state index contributed by atoms with van der Waals surface area (Å²) < 4.78 is 14.6. The van der Waals surface area contributed by atoms with E-state index in [1.165, 1.54) is 12.1 Å². The van der Waals surface area contributed by atoms with Crippen LogP contribution in [0.25, 0.3) is 0 Å². The monoisotopic (exact) mass is 419 g/mol. The summed E-state index contributed by atoms with van der Waals surface area (Å²) in [6.07, 6.45) is 0. The number of hydrogen-bond acceptors (Lipinski definition) is 3. The summed E-state index contributed by atoms with van der Waals surface area (Å²) in [5.41, 5.74) is 0.818. The molecule has 26 heavy (non-hydrogen) atoms. The van der Waals surface area contributed by atoms with Crippen LogP contribution in [0.15, 0.2) is 53.0 Å². The number of para-hydroxylation sites is 1. The Morgan fingerprint density at radius 2 is 1.65 bits per heavy atom. The number of nitrogens with zero attached hydrogens (tertiary/aromatic N) is 2. The van der Waals surface area contributed by atoms with Crippen molar-refractivity contribution in [3.05, 3.63) is 64.4 Å². The quantitative estimate of drug-likeness (QED) is 0.828. The average Bonchev–Trinajstić information content (AvgIpc) is 2.64. The van der Waals surface area contributed by atoms with Gasteiger partial charge in [-0.3, -0.25) is 14.5 Å². The summed E-state index contributed by atoms with van der Waals surface area (Å²) >= 11 is 3.40. The second-order valence-electron chi connectivity index (χ2n) is 6.08. The molecule has 0 unspecified atom stereocenters. The van der Waals surface area contributed by atoms with Crippen molar-refractivity contribution in [1.82, 2.24) is 9.80 Å². The number of piperazine rings is 1. The molecule has 1 saturated heterocycles. The molecule has 5 nitrogen and oxygen atoms in total. The fourth-order valence-electron chi connectivity index (χ4n) is 2.87. The summed E-state index contributed by atoms with van der Waals surface area (Å²) in [5.74, 6) is -0.918. The maximum Gasteiger partial charge on any atom is 0.256 e. The van der Waals surface area contributed by atoms with E-state index < -0.39 is 5.82 Å². The number of halogens is 2. The Labute approximate surface area is 159 Å². The maximum absolute atomic E-state index is 13.8. The zero-order valence-electron chi connectivity index (χ0n) is 14.1. The van der Waals surface area contributed by atoms with E-state index in [0.717, 1.165) is 10.2 Å². The maximum atomic E-state index is 13.8. The molecule has 1 fully saturated rings. The lowest BCUT2D eigenvalue weighted by atomic mass is 10.1. The Balaban J connectivity index is 1.51. The topological polar surface area (TPSA) is 52.7 Å². The lowest BCUT2D eigenvalue weighted by Gasteiger charge is -2.34. The Bertz CT molecular complexity index is 807. The van der Waals surface area contributed by atoms with Crippen LogP contribution in [0.5, 0.6) is 0 Å². The number of benzene rings is 2. The second-order valence-corrected chi connectivity index (χ2v) is 6.93. The summed E-state index contributed by atoms with van der Waals surface area (Å²) in [6, 6.07) is 13.4. The fourth-order valence-corrected chi connectivity index (χ4v) is 3.25. The molecule has 1 N–H and O–H groups in total. The Kier molecular flexibility index (Phi) is 6.00. The molecule has 0 aliphatic carbocycles. The van der Waals surface area contributed by atoms with Crippen LogP contribution in [0.2, 0.25) is 0 Å². The highest BCUT2D eigenvalue weighted by Crippen LogP contribution is 2.21. The highest BCUT2D eigenvalue weighted by molar-refractivity contribution is 9.10. The van der Waals surface area contributed by atoms with Crippen molar-refractivity contribution >= 4 is 33.4 Å². The predicted octanol–water partition coefficient (Wildman–Crippen LogP) is 2.98. The van der Waals surface area contributed by atoms with E-state index in [4.69, 9.17) is 0 Å².